The molecule has 0 spiro atoms. The average Bonchev–Trinajstić information content (AvgIpc) is 2.49. The quantitative estimate of drug-likeness (QED) is 0.401. The fourth-order valence-electron chi connectivity index (χ4n) is 2.44. The van der Waals surface area contributed by atoms with Gasteiger partial charge < -0.3 is 15.3 Å². The van der Waals surface area contributed by atoms with E-state index in [1.54, 1.807) is 0 Å². The molecule has 0 aliphatic carbocycles. The smallest absolute Gasteiger partial charge is 0.300 e. The molecular formula is C18H39NO4. The van der Waals surface area contributed by atoms with Crippen LogP contribution in [0.1, 0.15) is 78.1 Å². The Morgan fingerprint density at radius 3 is 1.43 bits per heavy atom. The molecule has 3 N–H and O–H groups in total. The van der Waals surface area contributed by atoms with Crippen LogP contribution in [0, 0.1) is 0 Å². The van der Waals surface area contributed by atoms with Crippen LogP contribution in [0.25, 0.3) is 0 Å². The number of carbonyl (C=O) groups is 1. The van der Waals surface area contributed by atoms with Crippen molar-refractivity contribution in [3.63, 3.8) is 0 Å². The number of nitrogens with zero attached hydrogens (tertiary/aromatic N) is 1. The number of carboxylic acids is 1. The molecule has 23 heavy (non-hydrogen) atoms. The number of rotatable bonds is 15. The van der Waals surface area contributed by atoms with E-state index in [-0.39, 0.29) is 13.2 Å². The SMILES string of the molecule is CC(=O)O.CCCCCCCCCCCCN(CCO)CCO. The van der Waals surface area contributed by atoms with Crippen LogP contribution in [0.3, 0.4) is 0 Å². The largest absolute Gasteiger partial charge is 0.481 e. The number of unbranched alkanes of at least 4 members (excludes halogenated alkanes) is 9. The lowest BCUT2D eigenvalue weighted by Crippen LogP contribution is -2.30. The Balaban J connectivity index is 0. The molecule has 0 heterocycles. The minimum atomic E-state index is -0.833. The summed E-state index contributed by atoms with van der Waals surface area (Å²) in [6.45, 7) is 6.12. The van der Waals surface area contributed by atoms with Crippen LogP contribution in [-0.2, 0) is 4.79 Å². The zero-order chi connectivity index (χ0) is 17.8. The molecule has 0 saturated carbocycles. The summed E-state index contributed by atoms with van der Waals surface area (Å²) in [6.07, 6.45) is 13.5. The van der Waals surface area contributed by atoms with E-state index < -0.39 is 5.97 Å². The summed E-state index contributed by atoms with van der Waals surface area (Å²) in [7, 11) is 0. The molecule has 0 aromatic carbocycles. The third-order valence-electron chi connectivity index (χ3n) is 3.66. The van der Waals surface area contributed by atoms with Gasteiger partial charge in [0, 0.05) is 20.0 Å². The van der Waals surface area contributed by atoms with Gasteiger partial charge in [-0.05, 0) is 13.0 Å². The van der Waals surface area contributed by atoms with Crippen molar-refractivity contribution in [2.75, 3.05) is 32.8 Å². The van der Waals surface area contributed by atoms with Crippen LogP contribution in [0.5, 0.6) is 0 Å². The van der Waals surface area contributed by atoms with Gasteiger partial charge in [-0.15, -0.1) is 0 Å². The summed E-state index contributed by atoms with van der Waals surface area (Å²) in [5, 5.41) is 25.2. The zero-order valence-corrected chi connectivity index (χ0v) is 15.3. The molecule has 5 nitrogen and oxygen atoms in total. The van der Waals surface area contributed by atoms with E-state index in [9.17, 15) is 0 Å². The predicted molar refractivity (Wildman–Crippen MR) is 95.8 cm³/mol. The number of aliphatic carboxylic acids is 1. The summed E-state index contributed by atoms with van der Waals surface area (Å²) in [4.78, 5) is 11.1. The first kappa shape index (κ1) is 24.6. The molecule has 0 rings (SSSR count). The number of hydrogen-bond donors (Lipinski definition) is 3. The summed E-state index contributed by atoms with van der Waals surface area (Å²) in [5.74, 6) is -0.833. The highest BCUT2D eigenvalue weighted by Crippen LogP contribution is 2.10. The van der Waals surface area contributed by atoms with Crippen molar-refractivity contribution in [3.8, 4) is 0 Å². The molecule has 0 aliphatic rings. The first-order valence-corrected chi connectivity index (χ1v) is 9.22. The minimum Gasteiger partial charge on any atom is -0.481 e. The normalized spacial score (nSPS) is 10.5. The number of aliphatic hydroxyl groups is 2. The van der Waals surface area contributed by atoms with Crippen LogP contribution in [0.2, 0.25) is 0 Å². The molecule has 0 atom stereocenters. The summed E-state index contributed by atoms with van der Waals surface area (Å²) < 4.78 is 0. The van der Waals surface area contributed by atoms with Crippen molar-refractivity contribution >= 4 is 5.97 Å². The molecule has 0 unspecified atom stereocenters. The molecule has 0 aliphatic heterocycles. The van der Waals surface area contributed by atoms with Crippen LogP contribution in [0.4, 0.5) is 0 Å². The number of carboxylic acid groups (broad SMARTS) is 1. The Labute approximate surface area is 142 Å². The van der Waals surface area contributed by atoms with Gasteiger partial charge in [0.2, 0.25) is 0 Å². The average molecular weight is 334 g/mol. The van der Waals surface area contributed by atoms with Crippen molar-refractivity contribution < 1.29 is 20.1 Å². The monoisotopic (exact) mass is 333 g/mol. The predicted octanol–water partition coefficient (Wildman–Crippen LogP) is 3.28. The van der Waals surface area contributed by atoms with Gasteiger partial charge in [0.25, 0.3) is 5.97 Å². The topological polar surface area (TPSA) is 81.0 Å². The second-order valence-electron chi connectivity index (χ2n) is 5.99. The zero-order valence-electron chi connectivity index (χ0n) is 15.3. The highest BCUT2D eigenvalue weighted by molar-refractivity contribution is 5.62. The first-order valence-electron chi connectivity index (χ1n) is 9.22. The third kappa shape index (κ3) is 26.6. The molecule has 0 radical (unpaired) electrons. The van der Waals surface area contributed by atoms with Crippen molar-refractivity contribution in [1.82, 2.24) is 4.90 Å². The van der Waals surface area contributed by atoms with Gasteiger partial charge in [-0.1, -0.05) is 64.7 Å². The Bertz CT molecular complexity index is 227. The van der Waals surface area contributed by atoms with Crippen LogP contribution in [0.15, 0.2) is 0 Å². The standard InChI is InChI=1S/C16H35NO2.C2H4O2/c1-2-3-4-5-6-7-8-9-10-11-12-17(13-15-18)14-16-19;1-2(3)4/h18-19H,2-16H2,1H3;1H3,(H,3,4). The fourth-order valence-corrected chi connectivity index (χ4v) is 2.44. The van der Waals surface area contributed by atoms with Gasteiger partial charge in [-0.25, -0.2) is 0 Å². The second kappa shape index (κ2) is 21.4. The molecule has 0 aromatic heterocycles. The molecule has 0 saturated heterocycles. The van der Waals surface area contributed by atoms with Gasteiger partial charge in [-0.3, -0.25) is 9.69 Å². The van der Waals surface area contributed by atoms with E-state index in [0.717, 1.165) is 13.5 Å². The Morgan fingerprint density at radius 1 is 0.739 bits per heavy atom. The first-order chi connectivity index (χ1) is 11.1. The minimum absolute atomic E-state index is 0.192. The molecule has 0 amide bonds. The van der Waals surface area contributed by atoms with Crippen molar-refractivity contribution in [2.24, 2.45) is 0 Å². The van der Waals surface area contributed by atoms with Gasteiger partial charge in [0.1, 0.15) is 0 Å². The highest BCUT2D eigenvalue weighted by atomic mass is 16.4. The maximum atomic E-state index is 9.00. The van der Waals surface area contributed by atoms with E-state index in [0.29, 0.717) is 13.1 Å². The van der Waals surface area contributed by atoms with E-state index in [1.807, 2.05) is 0 Å². The fraction of sp³-hybridized carbons (Fsp3) is 0.944. The lowest BCUT2D eigenvalue weighted by atomic mass is 10.1. The molecule has 5 heteroatoms. The van der Waals surface area contributed by atoms with Gasteiger partial charge >= 0.3 is 0 Å². The van der Waals surface area contributed by atoms with Crippen molar-refractivity contribution in [1.29, 1.82) is 0 Å². The number of hydrogen-bond acceptors (Lipinski definition) is 4. The molecule has 0 aromatic rings. The Hall–Kier alpha value is -0.650. The molecule has 140 valence electrons. The van der Waals surface area contributed by atoms with Gasteiger partial charge in [0.15, 0.2) is 0 Å². The van der Waals surface area contributed by atoms with Crippen molar-refractivity contribution in [3.05, 3.63) is 0 Å². The van der Waals surface area contributed by atoms with E-state index >= 15 is 0 Å². The van der Waals surface area contributed by atoms with E-state index in [4.69, 9.17) is 20.1 Å². The van der Waals surface area contributed by atoms with Crippen molar-refractivity contribution in [2.45, 2.75) is 78.1 Å². The van der Waals surface area contributed by atoms with Crippen LogP contribution in [-0.4, -0.2) is 59.0 Å². The van der Waals surface area contributed by atoms with Gasteiger partial charge in [0.05, 0.1) is 13.2 Å². The maximum Gasteiger partial charge on any atom is 0.300 e. The van der Waals surface area contributed by atoms with E-state index in [1.165, 1.54) is 64.2 Å². The summed E-state index contributed by atoms with van der Waals surface area (Å²) in [6, 6.07) is 0. The Kier molecular flexibility index (Phi) is 22.8. The third-order valence-corrected chi connectivity index (χ3v) is 3.66. The number of aliphatic hydroxyl groups excluding tert-OH is 2. The molecule has 0 bridgehead atoms. The molecule has 0 fully saturated rings. The maximum absolute atomic E-state index is 9.00. The second-order valence-corrected chi connectivity index (χ2v) is 5.99. The molecular weight excluding hydrogens is 294 g/mol. The van der Waals surface area contributed by atoms with Crippen LogP contribution < -0.4 is 0 Å². The lowest BCUT2D eigenvalue weighted by Gasteiger charge is -2.19. The summed E-state index contributed by atoms with van der Waals surface area (Å²) in [5.41, 5.74) is 0. The Morgan fingerprint density at radius 2 is 1.09 bits per heavy atom. The van der Waals surface area contributed by atoms with E-state index in [2.05, 4.69) is 11.8 Å². The van der Waals surface area contributed by atoms with Gasteiger partial charge in [-0.2, -0.15) is 0 Å². The summed E-state index contributed by atoms with van der Waals surface area (Å²) >= 11 is 0. The van der Waals surface area contributed by atoms with Crippen LogP contribution >= 0.6 is 0 Å². The highest BCUT2D eigenvalue weighted by Gasteiger charge is 2.02. The lowest BCUT2D eigenvalue weighted by molar-refractivity contribution is -0.134.